The Balaban J connectivity index is 3.56. The number of hydrogen-bond acceptors (Lipinski definition) is 1. The zero-order valence-corrected chi connectivity index (χ0v) is 6.10. The van der Waals surface area contributed by atoms with Crippen molar-refractivity contribution in [2.75, 3.05) is 5.32 Å². The largest absolute Gasteiger partial charge is 0.378 e. The van der Waals surface area contributed by atoms with Crippen LogP contribution in [0.3, 0.4) is 0 Å². The monoisotopic (exact) mass is 196 g/mol. The lowest BCUT2D eigenvalue weighted by Crippen LogP contribution is -2.05. The highest BCUT2D eigenvalue weighted by Crippen LogP contribution is 2.26. The SMILES string of the molecule is [CH2]Nc1c(F)c(F)c(F)c(F)c1F. The first-order valence-electron chi connectivity index (χ1n) is 3.05. The van der Waals surface area contributed by atoms with Gasteiger partial charge in [-0.3, -0.25) is 0 Å². The fourth-order valence-corrected chi connectivity index (χ4v) is 0.760. The van der Waals surface area contributed by atoms with Crippen molar-refractivity contribution in [3.8, 4) is 0 Å². The standard InChI is InChI=1S/C7H3F5N/c1-13-7-5(11)3(9)2(8)4(10)6(7)12/h13H,1H2. The topological polar surface area (TPSA) is 12.0 Å². The molecule has 0 aliphatic rings. The summed E-state index contributed by atoms with van der Waals surface area (Å²) in [6.07, 6.45) is 0. The van der Waals surface area contributed by atoms with Crippen molar-refractivity contribution < 1.29 is 22.0 Å². The maximum atomic E-state index is 12.6. The van der Waals surface area contributed by atoms with Crippen LogP contribution in [0.4, 0.5) is 27.6 Å². The predicted molar refractivity (Wildman–Crippen MR) is 35.2 cm³/mol. The van der Waals surface area contributed by atoms with Gasteiger partial charge in [0.2, 0.25) is 5.82 Å². The number of nitrogens with one attached hydrogen (secondary N) is 1. The van der Waals surface area contributed by atoms with Crippen molar-refractivity contribution in [3.05, 3.63) is 36.1 Å². The van der Waals surface area contributed by atoms with E-state index in [1.54, 1.807) is 5.32 Å². The summed E-state index contributed by atoms with van der Waals surface area (Å²) >= 11 is 0. The van der Waals surface area contributed by atoms with Gasteiger partial charge in [0.25, 0.3) is 0 Å². The minimum absolute atomic E-state index is 1.14. The van der Waals surface area contributed by atoms with Crippen LogP contribution in [0.25, 0.3) is 0 Å². The first-order chi connectivity index (χ1) is 6.00. The average molecular weight is 196 g/mol. The fourth-order valence-electron chi connectivity index (χ4n) is 0.760. The Morgan fingerprint density at radius 1 is 0.692 bits per heavy atom. The molecule has 1 N–H and O–H groups in total. The van der Waals surface area contributed by atoms with Crippen LogP contribution >= 0.6 is 0 Å². The van der Waals surface area contributed by atoms with Gasteiger partial charge < -0.3 is 5.32 Å². The molecule has 13 heavy (non-hydrogen) atoms. The summed E-state index contributed by atoms with van der Waals surface area (Å²) in [7, 11) is 2.80. The molecule has 0 spiro atoms. The molecule has 0 saturated heterocycles. The van der Waals surface area contributed by atoms with E-state index in [0.717, 1.165) is 0 Å². The second-order valence-electron chi connectivity index (χ2n) is 2.12. The summed E-state index contributed by atoms with van der Waals surface area (Å²) in [6.45, 7) is 0. The number of rotatable bonds is 1. The normalized spacial score (nSPS) is 10.3. The van der Waals surface area contributed by atoms with E-state index in [0.29, 0.717) is 0 Å². The molecule has 0 heterocycles. The third-order valence-corrected chi connectivity index (χ3v) is 1.39. The Morgan fingerprint density at radius 2 is 1.00 bits per heavy atom. The molecule has 0 aromatic heterocycles. The lowest BCUT2D eigenvalue weighted by Gasteiger charge is -2.06. The van der Waals surface area contributed by atoms with E-state index in [1.165, 1.54) is 0 Å². The van der Waals surface area contributed by atoms with Crippen LogP contribution in [-0.4, -0.2) is 0 Å². The van der Waals surface area contributed by atoms with Gasteiger partial charge in [-0.2, -0.15) is 0 Å². The second kappa shape index (κ2) is 3.20. The minimum Gasteiger partial charge on any atom is -0.378 e. The molecule has 1 rings (SSSR count). The van der Waals surface area contributed by atoms with E-state index in [9.17, 15) is 22.0 Å². The van der Waals surface area contributed by atoms with Crippen LogP contribution in [0.1, 0.15) is 0 Å². The summed E-state index contributed by atoms with van der Waals surface area (Å²) < 4.78 is 62.2. The van der Waals surface area contributed by atoms with Gasteiger partial charge in [-0.1, -0.05) is 0 Å². The summed E-state index contributed by atoms with van der Waals surface area (Å²) in [6, 6.07) is 0. The first kappa shape index (κ1) is 9.76. The highest BCUT2D eigenvalue weighted by molar-refractivity contribution is 5.47. The van der Waals surface area contributed by atoms with E-state index in [-0.39, 0.29) is 0 Å². The summed E-state index contributed by atoms with van der Waals surface area (Å²) in [5, 5.41) is 1.63. The van der Waals surface area contributed by atoms with Gasteiger partial charge in [0, 0.05) is 7.05 Å². The summed E-state index contributed by atoms with van der Waals surface area (Å²) in [4.78, 5) is 0. The maximum absolute atomic E-state index is 12.6. The number of anilines is 1. The van der Waals surface area contributed by atoms with Crippen LogP contribution in [-0.2, 0) is 0 Å². The molecule has 1 nitrogen and oxygen atoms in total. The molecule has 6 heteroatoms. The summed E-state index contributed by atoms with van der Waals surface area (Å²) in [5.41, 5.74) is -1.14. The van der Waals surface area contributed by atoms with Gasteiger partial charge in [-0.15, -0.1) is 0 Å². The Labute approximate surface area is 70.2 Å². The van der Waals surface area contributed by atoms with Gasteiger partial charge in [-0.25, -0.2) is 22.0 Å². The molecule has 0 amide bonds. The van der Waals surface area contributed by atoms with Crippen molar-refractivity contribution in [1.29, 1.82) is 0 Å². The quantitative estimate of drug-likeness (QED) is 0.413. The molecule has 0 bridgehead atoms. The smallest absolute Gasteiger partial charge is 0.200 e. The molecular weight excluding hydrogens is 193 g/mol. The van der Waals surface area contributed by atoms with E-state index < -0.39 is 34.8 Å². The Bertz CT molecular complexity index is 320. The third kappa shape index (κ3) is 1.32. The zero-order chi connectivity index (χ0) is 10.2. The van der Waals surface area contributed by atoms with E-state index >= 15 is 0 Å². The van der Waals surface area contributed by atoms with Crippen LogP contribution in [0.15, 0.2) is 0 Å². The highest BCUT2D eigenvalue weighted by Gasteiger charge is 2.24. The van der Waals surface area contributed by atoms with E-state index in [1.807, 2.05) is 0 Å². The lowest BCUT2D eigenvalue weighted by atomic mass is 10.2. The summed E-state index contributed by atoms with van der Waals surface area (Å²) in [5.74, 6) is -10.0. The maximum Gasteiger partial charge on any atom is 0.200 e. The Hall–Kier alpha value is -1.33. The van der Waals surface area contributed by atoms with Crippen molar-refractivity contribution in [1.82, 2.24) is 0 Å². The Morgan fingerprint density at radius 3 is 1.31 bits per heavy atom. The van der Waals surface area contributed by atoms with Gasteiger partial charge in [0.05, 0.1) is 0 Å². The molecule has 0 atom stereocenters. The highest BCUT2D eigenvalue weighted by atomic mass is 19.2. The molecule has 71 valence electrons. The fraction of sp³-hybridized carbons (Fsp3) is 0. The first-order valence-corrected chi connectivity index (χ1v) is 3.05. The van der Waals surface area contributed by atoms with Crippen LogP contribution in [0, 0.1) is 36.1 Å². The number of halogens is 5. The Kier molecular flexibility index (Phi) is 2.40. The van der Waals surface area contributed by atoms with Crippen molar-refractivity contribution in [2.45, 2.75) is 0 Å². The van der Waals surface area contributed by atoms with E-state index in [4.69, 9.17) is 0 Å². The van der Waals surface area contributed by atoms with Crippen molar-refractivity contribution in [2.24, 2.45) is 0 Å². The minimum atomic E-state index is -2.19. The molecular formula is C7H3F5N. The third-order valence-electron chi connectivity index (χ3n) is 1.39. The molecule has 0 saturated carbocycles. The van der Waals surface area contributed by atoms with Gasteiger partial charge in [0.15, 0.2) is 23.3 Å². The van der Waals surface area contributed by atoms with Gasteiger partial charge in [-0.05, 0) is 0 Å². The van der Waals surface area contributed by atoms with Crippen LogP contribution in [0.2, 0.25) is 0 Å². The molecule has 1 radical (unpaired) electrons. The van der Waals surface area contributed by atoms with Crippen molar-refractivity contribution >= 4 is 5.69 Å². The van der Waals surface area contributed by atoms with Gasteiger partial charge >= 0.3 is 0 Å². The zero-order valence-electron chi connectivity index (χ0n) is 6.10. The molecule has 1 aromatic rings. The van der Waals surface area contributed by atoms with Crippen molar-refractivity contribution in [3.63, 3.8) is 0 Å². The molecule has 1 aromatic carbocycles. The molecule has 0 unspecified atom stereocenters. The average Bonchev–Trinajstić information content (AvgIpc) is 2.13. The predicted octanol–water partition coefficient (Wildman–Crippen LogP) is 2.59. The number of hydrogen-bond donors (Lipinski definition) is 1. The second-order valence-corrected chi connectivity index (χ2v) is 2.12. The molecule has 0 fully saturated rings. The van der Waals surface area contributed by atoms with Gasteiger partial charge in [0.1, 0.15) is 5.69 Å². The van der Waals surface area contributed by atoms with E-state index in [2.05, 4.69) is 7.05 Å². The molecule has 0 aliphatic heterocycles. The van der Waals surface area contributed by atoms with Crippen LogP contribution in [0.5, 0.6) is 0 Å². The van der Waals surface area contributed by atoms with Crippen LogP contribution < -0.4 is 5.32 Å². The molecule has 0 aliphatic carbocycles. The number of benzene rings is 1. The lowest BCUT2D eigenvalue weighted by molar-refractivity contribution is 0.382.